The van der Waals surface area contributed by atoms with Gasteiger partial charge in [-0.15, -0.1) is 0 Å². The van der Waals surface area contributed by atoms with Gasteiger partial charge in [0.05, 0.1) is 12.5 Å². The minimum atomic E-state index is -3.61. The summed E-state index contributed by atoms with van der Waals surface area (Å²) in [6.45, 7) is 0.813. The molecule has 0 saturated carbocycles. The molecule has 1 aromatic carbocycles. The second-order valence-corrected chi connectivity index (χ2v) is 9.30. The zero-order chi connectivity index (χ0) is 19.7. The molecule has 3 heterocycles. The molecule has 1 aliphatic rings. The summed E-state index contributed by atoms with van der Waals surface area (Å²) in [4.78, 5) is 8.41. The Morgan fingerprint density at radius 3 is 2.86 bits per heavy atom. The first-order valence-corrected chi connectivity index (χ1v) is 10.9. The third-order valence-electron chi connectivity index (χ3n) is 4.91. The van der Waals surface area contributed by atoms with Gasteiger partial charge in [0.1, 0.15) is 5.76 Å². The van der Waals surface area contributed by atoms with Crippen molar-refractivity contribution in [2.45, 2.75) is 30.2 Å². The zero-order valence-corrected chi connectivity index (χ0v) is 17.0. The SMILES string of the molecule is Cn1cnc(S(=O)(=O)N2CCCC(c3ncc(Cc4ccccc4Cl)o3)C2)c1. The molecule has 3 aromatic rings. The van der Waals surface area contributed by atoms with Gasteiger partial charge >= 0.3 is 0 Å². The number of nitrogens with zero attached hydrogens (tertiary/aromatic N) is 4. The molecule has 148 valence electrons. The number of piperidine rings is 1. The average Bonchev–Trinajstić information content (AvgIpc) is 3.33. The lowest BCUT2D eigenvalue weighted by Crippen LogP contribution is -2.39. The van der Waals surface area contributed by atoms with E-state index >= 15 is 0 Å². The van der Waals surface area contributed by atoms with Gasteiger partial charge in [-0.25, -0.2) is 18.4 Å². The van der Waals surface area contributed by atoms with Crippen molar-refractivity contribution in [1.82, 2.24) is 18.8 Å². The molecule has 0 bridgehead atoms. The Kier molecular flexibility index (Phi) is 5.27. The standard InChI is InChI=1S/C19H21ClN4O3S/c1-23-12-18(22-13-23)28(25,26)24-8-4-6-15(11-24)19-21-10-16(27-19)9-14-5-2-3-7-17(14)20/h2-3,5,7,10,12-13,15H,4,6,8-9,11H2,1H3. The smallest absolute Gasteiger partial charge is 0.262 e. The quantitative estimate of drug-likeness (QED) is 0.633. The first-order valence-electron chi connectivity index (χ1n) is 9.09. The molecule has 0 spiro atoms. The van der Waals surface area contributed by atoms with E-state index in [2.05, 4.69) is 9.97 Å². The van der Waals surface area contributed by atoms with Crippen molar-refractivity contribution >= 4 is 21.6 Å². The monoisotopic (exact) mass is 420 g/mol. The van der Waals surface area contributed by atoms with Crippen LogP contribution in [-0.2, 0) is 23.5 Å². The van der Waals surface area contributed by atoms with Gasteiger partial charge in [0, 0.05) is 43.7 Å². The predicted molar refractivity (Wildman–Crippen MR) is 105 cm³/mol. The first-order chi connectivity index (χ1) is 13.4. The minimum absolute atomic E-state index is 0.0717. The van der Waals surface area contributed by atoms with Crippen LogP contribution in [0.3, 0.4) is 0 Å². The van der Waals surface area contributed by atoms with Crippen molar-refractivity contribution in [3.8, 4) is 0 Å². The fourth-order valence-corrected chi connectivity index (χ4v) is 5.13. The number of rotatable bonds is 5. The van der Waals surface area contributed by atoms with Crippen LogP contribution in [0.5, 0.6) is 0 Å². The number of oxazole rings is 1. The van der Waals surface area contributed by atoms with Crippen LogP contribution < -0.4 is 0 Å². The highest BCUT2D eigenvalue weighted by Crippen LogP contribution is 2.30. The number of aryl methyl sites for hydroxylation is 1. The minimum Gasteiger partial charge on any atom is -0.445 e. The second-order valence-electron chi connectivity index (χ2n) is 7.01. The number of imidazole rings is 1. The average molecular weight is 421 g/mol. The van der Waals surface area contributed by atoms with Gasteiger partial charge in [-0.1, -0.05) is 29.8 Å². The maximum atomic E-state index is 12.8. The molecular formula is C19H21ClN4O3S. The summed E-state index contributed by atoms with van der Waals surface area (Å²) in [7, 11) is -1.87. The van der Waals surface area contributed by atoms with Crippen molar-refractivity contribution in [3.63, 3.8) is 0 Å². The van der Waals surface area contributed by atoms with Crippen LogP contribution in [0, 0.1) is 0 Å². The van der Waals surface area contributed by atoms with Crippen LogP contribution in [0.25, 0.3) is 0 Å². The lowest BCUT2D eigenvalue weighted by molar-refractivity contribution is 0.281. The van der Waals surface area contributed by atoms with E-state index in [0.717, 1.165) is 18.4 Å². The highest BCUT2D eigenvalue weighted by Gasteiger charge is 2.34. The van der Waals surface area contributed by atoms with Gasteiger partial charge in [0.25, 0.3) is 10.0 Å². The van der Waals surface area contributed by atoms with Crippen LogP contribution in [0.2, 0.25) is 5.02 Å². The summed E-state index contributed by atoms with van der Waals surface area (Å²) in [5.74, 6) is 1.21. The maximum Gasteiger partial charge on any atom is 0.262 e. The van der Waals surface area contributed by atoms with Gasteiger partial charge in [-0.2, -0.15) is 4.31 Å². The second kappa shape index (κ2) is 7.69. The summed E-state index contributed by atoms with van der Waals surface area (Å²) < 4.78 is 34.7. The summed E-state index contributed by atoms with van der Waals surface area (Å²) in [6, 6.07) is 7.61. The lowest BCUT2D eigenvalue weighted by atomic mass is 10.00. The Morgan fingerprint density at radius 2 is 2.11 bits per heavy atom. The number of aromatic nitrogens is 3. The molecule has 0 amide bonds. The van der Waals surface area contributed by atoms with E-state index in [-0.39, 0.29) is 10.9 Å². The largest absolute Gasteiger partial charge is 0.445 e. The van der Waals surface area contributed by atoms with E-state index in [9.17, 15) is 8.42 Å². The summed E-state index contributed by atoms with van der Waals surface area (Å²) in [5, 5.41) is 0.758. The molecule has 1 aliphatic heterocycles. The van der Waals surface area contributed by atoms with E-state index in [0.29, 0.717) is 36.2 Å². The molecule has 1 atom stereocenters. The van der Waals surface area contributed by atoms with Crippen LogP contribution in [0.1, 0.15) is 36.0 Å². The van der Waals surface area contributed by atoms with Gasteiger partial charge < -0.3 is 8.98 Å². The molecular weight excluding hydrogens is 400 g/mol. The Bertz CT molecular complexity index is 1080. The van der Waals surface area contributed by atoms with Crippen molar-refractivity contribution < 1.29 is 12.8 Å². The first kappa shape index (κ1) is 19.2. The van der Waals surface area contributed by atoms with E-state index in [4.69, 9.17) is 16.0 Å². The predicted octanol–water partition coefficient (Wildman–Crippen LogP) is 3.22. The third-order valence-corrected chi connectivity index (χ3v) is 7.03. The number of sulfonamides is 1. The summed E-state index contributed by atoms with van der Waals surface area (Å²) in [5.41, 5.74) is 0.967. The van der Waals surface area contributed by atoms with Gasteiger partial charge in [-0.05, 0) is 24.5 Å². The van der Waals surface area contributed by atoms with Gasteiger partial charge in [0.15, 0.2) is 10.9 Å². The zero-order valence-electron chi connectivity index (χ0n) is 15.5. The fraction of sp³-hybridized carbons (Fsp3) is 0.368. The van der Waals surface area contributed by atoms with Crippen molar-refractivity contribution in [1.29, 1.82) is 0 Å². The highest BCUT2D eigenvalue weighted by atomic mass is 35.5. The van der Waals surface area contributed by atoms with Crippen LogP contribution >= 0.6 is 11.6 Å². The maximum absolute atomic E-state index is 12.8. The summed E-state index contributed by atoms with van der Waals surface area (Å²) in [6.07, 6.45) is 6.84. The Labute approximate surface area is 169 Å². The molecule has 2 aromatic heterocycles. The Morgan fingerprint density at radius 1 is 1.29 bits per heavy atom. The normalized spacial score (nSPS) is 18.4. The molecule has 1 saturated heterocycles. The highest BCUT2D eigenvalue weighted by molar-refractivity contribution is 7.89. The molecule has 0 aliphatic carbocycles. The van der Waals surface area contributed by atoms with Crippen molar-refractivity contribution in [2.75, 3.05) is 13.1 Å². The van der Waals surface area contributed by atoms with Crippen molar-refractivity contribution in [2.24, 2.45) is 7.05 Å². The van der Waals surface area contributed by atoms with Gasteiger partial charge in [-0.3, -0.25) is 0 Å². The van der Waals surface area contributed by atoms with E-state index in [1.165, 1.54) is 16.8 Å². The molecule has 7 nitrogen and oxygen atoms in total. The molecule has 4 rings (SSSR count). The molecule has 28 heavy (non-hydrogen) atoms. The third kappa shape index (κ3) is 3.85. The molecule has 0 N–H and O–H groups in total. The molecule has 1 fully saturated rings. The Balaban J connectivity index is 1.49. The lowest BCUT2D eigenvalue weighted by Gasteiger charge is -2.29. The molecule has 9 heteroatoms. The van der Waals surface area contributed by atoms with Crippen molar-refractivity contribution in [3.05, 3.63) is 65.2 Å². The number of halogens is 1. The van der Waals surface area contributed by atoms with Crippen LogP contribution in [0.15, 0.2) is 52.4 Å². The summed E-state index contributed by atoms with van der Waals surface area (Å²) >= 11 is 6.22. The number of benzene rings is 1. The van der Waals surface area contributed by atoms with E-state index < -0.39 is 10.0 Å². The van der Waals surface area contributed by atoms with Gasteiger partial charge in [0.2, 0.25) is 0 Å². The molecule has 1 unspecified atom stereocenters. The Hall–Kier alpha value is -2.16. The van der Waals surface area contributed by atoms with Crippen LogP contribution in [-0.4, -0.2) is 40.3 Å². The topological polar surface area (TPSA) is 81.2 Å². The van der Waals surface area contributed by atoms with E-state index in [1.807, 2.05) is 24.3 Å². The fourth-order valence-electron chi connectivity index (χ4n) is 3.44. The molecule has 0 radical (unpaired) electrons. The van der Waals surface area contributed by atoms with Crippen LogP contribution in [0.4, 0.5) is 0 Å². The number of hydrogen-bond donors (Lipinski definition) is 0. The van der Waals surface area contributed by atoms with E-state index in [1.54, 1.807) is 17.8 Å². The number of hydrogen-bond acceptors (Lipinski definition) is 5.